The maximum Gasteiger partial charge on any atom is 0.405 e. The van der Waals surface area contributed by atoms with Gasteiger partial charge in [0.15, 0.2) is 0 Å². The van der Waals surface area contributed by atoms with Gasteiger partial charge in [0.25, 0.3) is 0 Å². The van der Waals surface area contributed by atoms with Gasteiger partial charge in [-0.1, -0.05) is 6.92 Å². The smallest absolute Gasteiger partial charge is 0.348 e. The van der Waals surface area contributed by atoms with Gasteiger partial charge in [0.1, 0.15) is 12.4 Å². The van der Waals surface area contributed by atoms with E-state index in [0.717, 1.165) is 18.5 Å². The predicted molar refractivity (Wildman–Crippen MR) is 70.2 cm³/mol. The van der Waals surface area contributed by atoms with Crippen molar-refractivity contribution in [2.75, 3.05) is 24.5 Å². The minimum absolute atomic E-state index is 0.276. The van der Waals surface area contributed by atoms with E-state index in [2.05, 4.69) is 17.2 Å². The van der Waals surface area contributed by atoms with Gasteiger partial charge in [-0.05, 0) is 37.6 Å². The normalized spacial score (nSPS) is 11.6. The number of nitrogens with one attached hydrogen (secondary N) is 1. The maximum atomic E-state index is 12.4. The Hall–Kier alpha value is -1.30. The first kappa shape index (κ1) is 15.8. The van der Waals surface area contributed by atoms with Crippen molar-refractivity contribution in [1.82, 2.24) is 10.3 Å². The highest BCUT2D eigenvalue weighted by atomic mass is 19.4. The second kappa shape index (κ2) is 7.33. The highest BCUT2D eigenvalue weighted by Gasteiger charge is 2.30. The molecule has 0 saturated carbocycles. The van der Waals surface area contributed by atoms with Gasteiger partial charge in [0.2, 0.25) is 0 Å². The molecule has 0 radical (unpaired) electrons. The Bertz CT molecular complexity index is 380. The second-order valence-corrected chi connectivity index (χ2v) is 4.33. The molecule has 3 nitrogen and oxygen atoms in total. The summed E-state index contributed by atoms with van der Waals surface area (Å²) in [6.07, 6.45) is -1.64. The number of aromatic nitrogens is 1. The van der Waals surface area contributed by atoms with Gasteiger partial charge in [-0.3, -0.25) is 0 Å². The Labute approximate surface area is 111 Å². The molecule has 1 rings (SSSR count). The maximum absolute atomic E-state index is 12.4. The molecule has 0 aliphatic heterocycles. The zero-order valence-electron chi connectivity index (χ0n) is 11.3. The van der Waals surface area contributed by atoms with E-state index in [9.17, 15) is 13.2 Å². The molecule has 0 aliphatic carbocycles. The number of alkyl halides is 3. The Balaban J connectivity index is 2.72. The van der Waals surface area contributed by atoms with Crippen LogP contribution >= 0.6 is 0 Å². The lowest BCUT2D eigenvalue weighted by molar-refractivity contribution is -0.119. The minimum atomic E-state index is -4.21. The Morgan fingerprint density at radius 3 is 2.63 bits per heavy atom. The molecule has 19 heavy (non-hydrogen) atoms. The Morgan fingerprint density at radius 2 is 2.05 bits per heavy atom. The minimum Gasteiger partial charge on any atom is -0.348 e. The molecular weight excluding hydrogens is 255 g/mol. The van der Waals surface area contributed by atoms with Crippen LogP contribution in [0.25, 0.3) is 0 Å². The highest BCUT2D eigenvalue weighted by molar-refractivity contribution is 5.41. The van der Waals surface area contributed by atoms with E-state index in [1.165, 1.54) is 4.90 Å². The van der Waals surface area contributed by atoms with E-state index in [-0.39, 0.29) is 6.54 Å². The quantitative estimate of drug-likeness (QED) is 0.775. The van der Waals surface area contributed by atoms with Crippen LogP contribution in [0.4, 0.5) is 19.0 Å². The van der Waals surface area contributed by atoms with Crippen LogP contribution in [0.2, 0.25) is 0 Å². The molecule has 0 fully saturated rings. The van der Waals surface area contributed by atoms with Crippen LogP contribution in [-0.2, 0) is 6.54 Å². The lowest BCUT2D eigenvalue weighted by Crippen LogP contribution is -2.34. The van der Waals surface area contributed by atoms with Crippen molar-refractivity contribution in [2.45, 2.75) is 33.0 Å². The standard InChI is InChI=1S/C13H20F3N3/c1-3-6-17-9-11-5-7-18-12(8-11)19(4-2)10-13(14,15)16/h5,7-8,17H,3-4,6,9-10H2,1-2H3. The monoisotopic (exact) mass is 275 g/mol. The molecule has 1 aromatic heterocycles. The summed E-state index contributed by atoms with van der Waals surface area (Å²) in [7, 11) is 0. The average molecular weight is 275 g/mol. The number of halogens is 3. The van der Waals surface area contributed by atoms with Crippen molar-refractivity contribution < 1.29 is 13.2 Å². The first-order valence-electron chi connectivity index (χ1n) is 6.43. The van der Waals surface area contributed by atoms with Crippen LogP contribution < -0.4 is 10.2 Å². The largest absolute Gasteiger partial charge is 0.405 e. The van der Waals surface area contributed by atoms with Crippen molar-refractivity contribution in [3.8, 4) is 0 Å². The molecule has 6 heteroatoms. The SMILES string of the molecule is CCCNCc1ccnc(N(CC)CC(F)(F)F)c1. The van der Waals surface area contributed by atoms with Gasteiger partial charge in [-0.2, -0.15) is 13.2 Å². The molecule has 0 unspecified atom stereocenters. The van der Waals surface area contributed by atoms with E-state index in [1.807, 2.05) is 6.07 Å². The second-order valence-electron chi connectivity index (χ2n) is 4.33. The van der Waals surface area contributed by atoms with Gasteiger partial charge in [0.05, 0.1) is 0 Å². The predicted octanol–water partition coefficient (Wildman–Crippen LogP) is 2.97. The number of pyridine rings is 1. The molecule has 1 heterocycles. The van der Waals surface area contributed by atoms with Crippen molar-refractivity contribution in [1.29, 1.82) is 0 Å². The van der Waals surface area contributed by atoms with Gasteiger partial charge < -0.3 is 10.2 Å². The third-order valence-corrected chi connectivity index (χ3v) is 2.64. The zero-order chi connectivity index (χ0) is 14.3. The summed E-state index contributed by atoms with van der Waals surface area (Å²) in [5.74, 6) is 0.371. The number of anilines is 1. The van der Waals surface area contributed by atoms with Crippen LogP contribution in [0.3, 0.4) is 0 Å². The third kappa shape index (κ3) is 5.92. The van der Waals surface area contributed by atoms with Crippen molar-refractivity contribution in [2.24, 2.45) is 0 Å². The fourth-order valence-corrected chi connectivity index (χ4v) is 1.72. The summed E-state index contributed by atoms with van der Waals surface area (Å²) in [6, 6.07) is 3.52. The van der Waals surface area contributed by atoms with Crippen LogP contribution in [0.5, 0.6) is 0 Å². The molecular formula is C13H20F3N3. The lowest BCUT2D eigenvalue weighted by Gasteiger charge is -2.23. The number of nitrogens with zero attached hydrogens (tertiary/aromatic N) is 2. The van der Waals surface area contributed by atoms with Gasteiger partial charge in [-0.15, -0.1) is 0 Å². The molecule has 0 amide bonds. The van der Waals surface area contributed by atoms with E-state index in [1.54, 1.807) is 19.2 Å². The van der Waals surface area contributed by atoms with E-state index >= 15 is 0 Å². The summed E-state index contributed by atoms with van der Waals surface area (Å²) >= 11 is 0. The number of hydrogen-bond donors (Lipinski definition) is 1. The van der Waals surface area contributed by atoms with Crippen LogP contribution in [0, 0.1) is 0 Å². The lowest BCUT2D eigenvalue weighted by atomic mass is 10.2. The van der Waals surface area contributed by atoms with Gasteiger partial charge in [-0.25, -0.2) is 4.98 Å². The highest BCUT2D eigenvalue weighted by Crippen LogP contribution is 2.21. The van der Waals surface area contributed by atoms with Crippen molar-refractivity contribution in [3.05, 3.63) is 23.9 Å². The molecule has 108 valence electrons. The first-order valence-corrected chi connectivity index (χ1v) is 6.43. The molecule has 1 N–H and O–H groups in total. The fourth-order valence-electron chi connectivity index (χ4n) is 1.72. The Morgan fingerprint density at radius 1 is 1.32 bits per heavy atom. The number of hydrogen-bond acceptors (Lipinski definition) is 3. The molecule has 1 aromatic rings. The van der Waals surface area contributed by atoms with Crippen LogP contribution in [0.15, 0.2) is 18.3 Å². The fraction of sp³-hybridized carbons (Fsp3) is 0.615. The van der Waals surface area contributed by atoms with E-state index in [4.69, 9.17) is 0 Å². The van der Waals surface area contributed by atoms with E-state index in [0.29, 0.717) is 12.4 Å². The van der Waals surface area contributed by atoms with Gasteiger partial charge >= 0.3 is 6.18 Å². The van der Waals surface area contributed by atoms with Gasteiger partial charge in [0, 0.05) is 19.3 Å². The molecule has 0 bridgehead atoms. The van der Waals surface area contributed by atoms with Crippen LogP contribution in [0.1, 0.15) is 25.8 Å². The summed E-state index contributed by atoms with van der Waals surface area (Å²) in [6.45, 7) is 4.59. The number of rotatable bonds is 7. The molecule has 0 aromatic carbocycles. The van der Waals surface area contributed by atoms with E-state index < -0.39 is 12.7 Å². The average Bonchev–Trinajstić information content (AvgIpc) is 2.35. The summed E-state index contributed by atoms with van der Waals surface area (Å²) in [5.41, 5.74) is 0.944. The third-order valence-electron chi connectivity index (χ3n) is 2.64. The molecule has 0 atom stereocenters. The molecule has 0 aliphatic rings. The van der Waals surface area contributed by atoms with Crippen molar-refractivity contribution >= 4 is 5.82 Å². The molecule has 0 spiro atoms. The summed E-state index contributed by atoms with van der Waals surface area (Å²) < 4.78 is 37.3. The van der Waals surface area contributed by atoms with Crippen LogP contribution in [-0.4, -0.2) is 30.8 Å². The summed E-state index contributed by atoms with van der Waals surface area (Å²) in [4.78, 5) is 5.25. The zero-order valence-corrected chi connectivity index (χ0v) is 11.3. The molecule has 0 saturated heterocycles. The first-order chi connectivity index (χ1) is 8.96. The van der Waals surface area contributed by atoms with Crippen molar-refractivity contribution in [3.63, 3.8) is 0 Å². The topological polar surface area (TPSA) is 28.2 Å². The summed E-state index contributed by atoms with van der Waals surface area (Å²) in [5, 5.41) is 3.22. The Kier molecular flexibility index (Phi) is 6.08.